The van der Waals surface area contributed by atoms with Crippen LogP contribution in [0.5, 0.6) is 11.5 Å². The molecule has 0 unspecified atom stereocenters. The van der Waals surface area contributed by atoms with Gasteiger partial charge >= 0.3 is 5.97 Å². The van der Waals surface area contributed by atoms with Crippen LogP contribution in [0.15, 0.2) is 48.5 Å². The average Bonchev–Trinajstić information content (AvgIpc) is 3.13. The van der Waals surface area contributed by atoms with E-state index in [4.69, 9.17) is 9.47 Å². The Kier molecular flexibility index (Phi) is 5.87. The number of benzene rings is 2. The molecule has 150 valence electrons. The maximum Gasteiger partial charge on any atom is 0.353 e. The fraction of sp³-hybridized carbons (Fsp3) is 0.182. The number of amides is 1. The maximum atomic E-state index is 12.6. The second-order valence-electron chi connectivity index (χ2n) is 6.37. The minimum atomic E-state index is -1.20. The van der Waals surface area contributed by atoms with Crippen molar-refractivity contribution in [1.29, 1.82) is 0 Å². The molecule has 3 aromatic rings. The van der Waals surface area contributed by atoms with Gasteiger partial charge < -0.3 is 24.9 Å². The summed E-state index contributed by atoms with van der Waals surface area (Å²) in [6, 6.07) is 14.6. The number of aromatic nitrogens is 1. The van der Waals surface area contributed by atoms with Gasteiger partial charge in [-0.2, -0.15) is 0 Å². The summed E-state index contributed by atoms with van der Waals surface area (Å²) in [5.74, 6) is -0.265. The van der Waals surface area contributed by atoms with Gasteiger partial charge in [0.2, 0.25) is 0 Å². The lowest BCUT2D eigenvalue weighted by atomic mass is 9.96. The number of H-pyrrole nitrogens is 1. The minimum Gasteiger partial charge on any atom is -0.497 e. The second kappa shape index (κ2) is 8.52. The van der Waals surface area contributed by atoms with Crippen LogP contribution in [0.25, 0.3) is 11.1 Å². The summed E-state index contributed by atoms with van der Waals surface area (Å²) in [5.41, 5.74) is 2.82. The first-order valence-electron chi connectivity index (χ1n) is 8.96. The van der Waals surface area contributed by atoms with Crippen LogP contribution in [-0.4, -0.2) is 43.2 Å². The van der Waals surface area contributed by atoms with E-state index in [2.05, 4.69) is 10.3 Å². The topological polar surface area (TPSA) is 101 Å². The maximum absolute atomic E-state index is 12.6. The highest BCUT2D eigenvalue weighted by molar-refractivity contribution is 6.09. The lowest BCUT2D eigenvalue weighted by Gasteiger charge is -2.09. The van der Waals surface area contributed by atoms with Gasteiger partial charge in [-0.15, -0.1) is 0 Å². The van der Waals surface area contributed by atoms with Crippen LogP contribution in [-0.2, 0) is 6.42 Å². The first-order chi connectivity index (χ1) is 14.0. The van der Waals surface area contributed by atoms with E-state index in [0.717, 1.165) is 16.9 Å². The molecule has 1 amide bonds. The van der Waals surface area contributed by atoms with Crippen molar-refractivity contribution in [2.75, 3.05) is 21.3 Å². The van der Waals surface area contributed by atoms with Gasteiger partial charge in [-0.05, 0) is 35.4 Å². The van der Waals surface area contributed by atoms with E-state index >= 15 is 0 Å². The van der Waals surface area contributed by atoms with E-state index in [-0.39, 0.29) is 11.3 Å². The van der Waals surface area contributed by atoms with Crippen molar-refractivity contribution in [3.63, 3.8) is 0 Å². The molecule has 0 atom stereocenters. The molecule has 0 aliphatic carbocycles. The summed E-state index contributed by atoms with van der Waals surface area (Å²) in [5, 5.41) is 12.2. The molecular weight excluding hydrogens is 372 g/mol. The Morgan fingerprint density at radius 3 is 2.00 bits per heavy atom. The average molecular weight is 394 g/mol. The van der Waals surface area contributed by atoms with Crippen LogP contribution >= 0.6 is 0 Å². The fourth-order valence-corrected chi connectivity index (χ4v) is 3.22. The van der Waals surface area contributed by atoms with Gasteiger partial charge in [0.25, 0.3) is 5.91 Å². The third kappa shape index (κ3) is 4.08. The van der Waals surface area contributed by atoms with Crippen molar-refractivity contribution in [1.82, 2.24) is 10.3 Å². The molecule has 0 saturated heterocycles. The number of methoxy groups -OCH3 is 2. The number of carbonyl (C=O) groups is 2. The summed E-state index contributed by atoms with van der Waals surface area (Å²) in [6.45, 7) is 0. The molecule has 7 heteroatoms. The van der Waals surface area contributed by atoms with Gasteiger partial charge in [0.15, 0.2) is 0 Å². The van der Waals surface area contributed by atoms with Gasteiger partial charge in [-0.1, -0.05) is 24.3 Å². The third-order valence-corrected chi connectivity index (χ3v) is 4.66. The third-order valence-electron chi connectivity index (χ3n) is 4.66. The summed E-state index contributed by atoms with van der Waals surface area (Å²) in [6.07, 6.45) is 0.419. The summed E-state index contributed by atoms with van der Waals surface area (Å²) < 4.78 is 10.4. The molecule has 1 aromatic heterocycles. The molecule has 2 aromatic carbocycles. The van der Waals surface area contributed by atoms with E-state index < -0.39 is 11.9 Å². The predicted molar refractivity (Wildman–Crippen MR) is 109 cm³/mol. The number of hydrogen-bond donors (Lipinski definition) is 3. The Hall–Kier alpha value is -3.74. The zero-order valence-electron chi connectivity index (χ0n) is 16.4. The molecule has 0 spiro atoms. The van der Waals surface area contributed by atoms with Crippen molar-refractivity contribution in [2.45, 2.75) is 6.42 Å². The zero-order valence-corrected chi connectivity index (χ0v) is 16.4. The van der Waals surface area contributed by atoms with Crippen molar-refractivity contribution in [3.8, 4) is 22.6 Å². The van der Waals surface area contributed by atoms with E-state index in [0.29, 0.717) is 23.4 Å². The molecule has 0 bridgehead atoms. The molecular formula is C22H22N2O5. The number of carboxylic acids is 1. The number of hydrogen-bond acceptors (Lipinski definition) is 4. The second-order valence-corrected chi connectivity index (χ2v) is 6.37. The molecule has 7 nitrogen and oxygen atoms in total. The lowest BCUT2D eigenvalue weighted by Crippen LogP contribution is -2.21. The number of nitrogens with one attached hydrogen (secondary N) is 2. The quantitative estimate of drug-likeness (QED) is 0.571. The highest BCUT2D eigenvalue weighted by Gasteiger charge is 2.27. The standard InChI is InChI=1S/C22H22N2O5/c1-23-21(25)19-18(14-6-10-16(29-3)11-7-14)17(24-20(19)22(26)27)12-13-4-8-15(28-2)9-5-13/h4-11,24H,12H2,1-3H3,(H,23,25)(H,26,27). The largest absolute Gasteiger partial charge is 0.497 e. The first kappa shape index (κ1) is 20.0. The Morgan fingerprint density at radius 2 is 1.52 bits per heavy atom. The molecule has 3 N–H and O–H groups in total. The molecule has 0 aliphatic rings. The number of rotatable bonds is 7. The van der Waals surface area contributed by atoms with Crippen molar-refractivity contribution < 1.29 is 24.2 Å². The number of carboxylic acid groups (broad SMARTS) is 1. The highest BCUT2D eigenvalue weighted by Crippen LogP contribution is 2.33. The van der Waals surface area contributed by atoms with Crippen LogP contribution in [0.4, 0.5) is 0 Å². The van der Waals surface area contributed by atoms with Crippen molar-refractivity contribution in [3.05, 3.63) is 71.0 Å². The number of aromatic carboxylic acids is 1. The van der Waals surface area contributed by atoms with Crippen LogP contribution in [0, 0.1) is 0 Å². The van der Waals surface area contributed by atoms with Gasteiger partial charge in [0, 0.05) is 24.7 Å². The Bertz CT molecular complexity index is 1020. The van der Waals surface area contributed by atoms with E-state index in [1.807, 2.05) is 24.3 Å². The monoisotopic (exact) mass is 394 g/mol. The SMILES string of the molecule is CNC(=O)c1c(C(=O)O)[nH]c(Cc2ccc(OC)cc2)c1-c1ccc(OC)cc1. The van der Waals surface area contributed by atoms with E-state index in [9.17, 15) is 14.7 Å². The molecule has 0 radical (unpaired) electrons. The Labute approximate surface area is 168 Å². The normalized spacial score (nSPS) is 10.4. The van der Waals surface area contributed by atoms with Gasteiger partial charge in [0.05, 0.1) is 19.8 Å². The Balaban J connectivity index is 2.16. The lowest BCUT2D eigenvalue weighted by molar-refractivity contribution is 0.0685. The number of ether oxygens (including phenoxy) is 2. The van der Waals surface area contributed by atoms with Gasteiger partial charge in [-0.3, -0.25) is 4.79 Å². The minimum absolute atomic E-state index is 0.105. The summed E-state index contributed by atoms with van der Waals surface area (Å²) in [4.78, 5) is 27.3. The molecule has 0 saturated carbocycles. The van der Waals surface area contributed by atoms with Crippen LogP contribution < -0.4 is 14.8 Å². The zero-order chi connectivity index (χ0) is 21.0. The number of aromatic amines is 1. The van der Waals surface area contributed by atoms with E-state index in [1.165, 1.54) is 7.05 Å². The fourth-order valence-electron chi connectivity index (χ4n) is 3.22. The van der Waals surface area contributed by atoms with Crippen molar-refractivity contribution in [2.24, 2.45) is 0 Å². The summed E-state index contributed by atoms with van der Waals surface area (Å²) >= 11 is 0. The van der Waals surface area contributed by atoms with Crippen LogP contribution in [0.3, 0.4) is 0 Å². The van der Waals surface area contributed by atoms with Crippen LogP contribution in [0.2, 0.25) is 0 Å². The van der Waals surface area contributed by atoms with Gasteiger partial charge in [-0.25, -0.2) is 4.79 Å². The van der Waals surface area contributed by atoms with Gasteiger partial charge in [0.1, 0.15) is 17.2 Å². The van der Waals surface area contributed by atoms with Crippen LogP contribution in [0.1, 0.15) is 32.1 Å². The highest BCUT2D eigenvalue weighted by atomic mass is 16.5. The summed E-state index contributed by atoms with van der Waals surface area (Å²) in [7, 11) is 4.64. The smallest absolute Gasteiger partial charge is 0.353 e. The molecule has 29 heavy (non-hydrogen) atoms. The molecule has 3 rings (SSSR count). The molecule has 1 heterocycles. The van der Waals surface area contributed by atoms with Crippen molar-refractivity contribution >= 4 is 11.9 Å². The van der Waals surface area contributed by atoms with E-state index in [1.54, 1.807) is 38.5 Å². The predicted octanol–water partition coefficient (Wildman–Crippen LogP) is 3.35. The first-order valence-corrected chi connectivity index (χ1v) is 8.96. The Morgan fingerprint density at radius 1 is 0.966 bits per heavy atom. The molecule has 0 aliphatic heterocycles. The number of carbonyl (C=O) groups excluding carboxylic acids is 1. The molecule has 0 fully saturated rings.